The third-order valence-corrected chi connectivity index (χ3v) is 5.73. The maximum Gasteiger partial charge on any atom is 0.263 e. The topological polar surface area (TPSA) is 78.8 Å². The molecule has 1 fully saturated rings. The van der Waals surface area contributed by atoms with Crippen LogP contribution in [0.15, 0.2) is 35.3 Å². The Morgan fingerprint density at radius 2 is 1.77 bits per heavy atom. The lowest BCUT2D eigenvalue weighted by atomic mass is 10.1. The van der Waals surface area contributed by atoms with Crippen LogP contribution in [0, 0.1) is 0 Å². The van der Waals surface area contributed by atoms with Gasteiger partial charge in [-0.2, -0.15) is 10.1 Å². The van der Waals surface area contributed by atoms with Crippen molar-refractivity contribution < 1.29 is 0 Å². The van der Waals surface area contributed by atoms with Crippen molar-refractivity contribution >= 4 is 17.0 Å². The number of anilines is 1. The molecule has 2 aromatic heterocycles. The van der Waals surface area contributed by atoms with Gasteiger partial charge in [-0.3, -0.25) is 14.7 Å². The summed E-state index contributed by atoms with van der Waals surface area (Å²) < 4.78 is 1.80. The molecule has 160 valence electrons. The number of nitrogens with one attached hydrogen (secondary N) is 2. The molecule has 7 heteroatoms. The average molecular weight is 409 g/mol. The molecular weight excluding hydrogens is 376 g/mol. The van der Waals surface area contributed by atoms with E-state index < -0.39 is 0 Å². The fourth-order valence-corrected chi connectivity index (χ4v) is 4.09. The molecule has 3 aromatic rings. The summed E-state index contributed by atoms with van der Waals surface area (Å²) >= 11 is 0. The average Bonchev–Trinajstić information content (AvgIpc) is 2.99. The van der Waals surface area contributed by atoms with Crippen LogP contribution in [0.3, 0.4) is 0 Å². The highest BCUT2D eigenvalue weighted by Crippen LogP contribution is 2.20. The fourth-order valence-electron chi connectivity index (χ4n) is 4.09. The maximum absolute atomic E-state index is 12.5. The highest BCUT2D eigenvalue weighted by Gasteiger charge is 2.20. The Hall–Kier alpha value is -2.67. The molecule has 30 heavy (non-hydrogen) atoms. The van der Waals surface area contributed by atoms with Crippen LogP contribution < -0.4 is 10.9 Å². The number of hydrogen-bond acceptors (Lipinski definition) is 5. The van der Waals surface area contributed by atoms with Gasteiger partial charge in [0.25, 0.3) is 5.56 Å². The molecule has 0 atom stereocenters. The zero-order valence-corrected chi connectivity index (χ0v) is 18.2. The molecule has 4 rings (SSSR count). The van der Waals surface area contributed by atoms with Crippen LogP contribution in [0.1, 0.15) is 57.6 Å². The van der Waals surface area contributed by atoms with Crippen LogP contribution in [0.5, 0.6) is 0 Å². The van der Waals surface area contributed by atoms with Crippen LogP contribution in [-0.4, -0.2) is 37.7 Å². The van der Waals surface area contributed by atoms with E-state index in [0.29, 0.717) is 23.5 Å². The van der Waals surface area contributed by atoms with Gasteiger partial charge in [0.05, 0.1) is 11.7 Å². The Labute approximate surface area is 177 Å². The largest absolute Gasteiger partial charge is 0.352 e. The van der Waals surface area contributed by atoms with Gasteiger partial charge in [0, 0.05) is 13.1 Å². The van der Waals surface area contributed by atoms with E-state index in [1.54, 1.807) is 10.9 Å². The fraction of sp³-hybridized carbons (Fsp3) is 0.522. The second-order valence-corrected chi connectivity index (χ2v) is 9.19. The molecule has 1 aromatic carbocycles. The quantitative estimate of drug-likeness (QED) is 0.670. The third-order valence-electron chi connectivity index (χ3n) is 5.73. The predicted molar refractivity (Wildman–Crippen MR) is 121 cm³/mol. The van der Waals surface area contributed by atoms with Crippen molar-refractivity contribution in [2.45, 2.75) is 65.1 Å². The number of hydrogen-bond donors (Lipinski definition) is 2. The number of aromatic amines is 1. The van der Waals surface area contributed by atoms with E-state index in [-0.39, 0.29) is 11.1 Å². The SMILES string of the molecule is CC(C)(C)n1ncc2c(=O)[nH]c(NCc3ccccc3CN3CCCCCC3)nc21. The van der Waals surface area contributed by atoms with Gasteiger partial charge in [0.15, 0.2) is 5.65 Å². The molecule has 1 aliphatic heterocycles. The summed E-state index contributed by atoms with van der Waals surface area (Å²) in [6.45, 7) is 10.1. The number of rotatable bonds is 5. The van der Waals surface area contributed by atoms with E-state index in [9.17, 15) is 4.79 Å². The lowest BCUT2D eigenvalue weighted by molar-refractivity contribution is 0.276. The van der Waals surface area contributed by atoms with Crippen molar-refractivity contribution in [2.24, 2.45) is 0 Å². The van der Waals surface area contributed by atoms with Crippen LogP contribution in [-0.2, 0) is 18.6 Å². The second-order valence-electron chi connectivity index (χ2n) is 9.19. The number of likely N-dealkylation sites (tertiary alicyclic amines) is 1. The van der Waals surface area contributed by atoms with Crippen LogP contribution in [0.25, 0.3) is 11.0 Å². The summed E-state index contributed by atoms with van der Waals surface area (Å²) in [5, 5.41) is 8.21. The van der Waals surface area contributed by atoms with E-state index in [0.717, 1.165) is 6.54 Å². The minimum Gasteiger partial charge on any atom is -0.352 e. The molecule has 1 saturated heterocycles. The predicted octanol–water partition coefficient (Wildman–Crippen LogP) is 3.86. The zero-order valence-electron chi connectivity index (χ0n) is 18.2. The first-order chi connectivity index (χ1) is 14.4. The molecule has 0 radical (unpaired) electrons. The van der Waals surface area contributed by atoms with Crippen molar-refractivity contribution in [1.82, 2.24) is 24.6 Å². The van der Waals surface area contributed by atoms with Crippen molar-refractivity contribution in [2.75, 3.05) is 18.4 Å². The monoisotopic (exact) mass is 408 g/mol. The maximum atomic E-state index is 12.5. The van der Waals surface area contributed by atoms with E-state index in [1.807, 2.05) is 0 Å². The molecule has 0 unspecified atom stereocenters. The summed E-state index contributed by atoms with van der Waals surface area (Å²) in [6.07, 6.45) is 6.84. The van der Waals surface area contributed by atoms with Gasteiger partial charge in [0.2, 0.25) is 5.95 Å². The van der Waals surface area contributed by atoms with Gasteiger partial charge in [-0.1, -0.05) is 37.1 Å². The first-order valence-corrected chi connectivity index (χ1v) is 10.9. The third kappa shape index (κ3) is 4.56. The Morgan fingerprint density at radius 3 is 2.47 bits per heavy atom. The van der Waals surface area contributed by atoms with Crippen molar-refractivity contribution in [1.29, 1.82) is 0 Å². The normalized spacial score (nSPS) is 16.0. The standard InChI is InChI=1S/C23H32N6O/c1-23(2,3)29-20-19(15-25-29)21(30)27-22(26-20)24-14-17-10-6-7-11-18(17)16-28-12-8-4-5-9-13-28/h6-7,10-11,15H,4-5,8-9,12-14,16H2,1-3H3,(H2,24,26,27,30). The number of fused-ring (bicyclic) bond motifs is 1. The molecule has 0 aliphatic carbocycles. The zero-order chi connectivity index (χ0) is 21.1. The van der Waals surface area contributed by atoms with Crippen LogP contribution in [0.4, 0.5) is 5.95 Å². The van der Waals surface area contributed by atoms with E-state index in [4.69, 9.17) is 0 Å². The Morgan fingerprint density at radius 1 is 1.07 bits per heavy atom. The summed E-state index contributed by atoms with van der Waals surface area (Å²) in [6, 6.07) is 8.52. The number of nitrogens with zero attached hydrogens (tertiary/aromatic N) is 4. The first-order valence-electron chi connectivity index (χ1n) is 10.9. The minimum atomic E-state index is -0.250. The summed E-state index contributed by atoms with van der Waals surface area (Å²) in [4.78, 5) is 22.6. The molecule has 3 heterocycles. The van der Waals surface area contributed by atoms with Gasteiger partial charge < -0.3 is 5.32 Å². The first kappa shape index (κ1) is 20.6. The van der Waals surface area contributed by atoms with Gasteiger partial charge in [-0.25, -0.2) is 4.68 Å². The Bertz CT molecular complexity index is 1050. The lowest BCUT2D eigenvalue weighted by Gasteiger charge is -2.22. The summed E-state index contributed by atoms with van der Waals surface area (Å²) in [7, 11) is 0. The van der Waals surface area contributed by atoms with Gasteiger partial charge in [-0.05, 0) is 57.8 Å². The number of benzene rings is 1. The second kappa shape index (κ2) is 8.60. The van der Waals surface area contributed by atoms with E-state index >= 15 is 0 Å². The summed E-state index contributed by atoms with van der Waals surface area (Å²) in [5.41, 5.74) is 2.74. The Kier molecular flexibility index (Phi) is 5.90. The van der Waals surface area contributed by atoms with Gasteiger partial charge in [0.1, 0.15) is 5.39 Å². The molecule has 0 spiro atoms. The summed E-state index contributed by atoms with van der Waals surface area (Å²) in [5.74, 6) is 0.475. The van der Waals surface area contributed by atoms with Crippen LogP contribution >= 0.6 is 0 Å². The molecule has 1 aliphatic rings. The molecule has 0 amide bonds. The van der Waals surface area contributed by atoms with Crippen molar-refractivity contribution in [3.8, 4) is 0 Å². The lowest BCUT2D eigenvalue weighted by Crippen LogP contribution is -2.25. The number of H-pyrrole nitrogens is 1. The van der Waals surface area contributed by atoms with Gasteiger partial charge in [-0.15, -0.1) is 0 Å². The molecule has 0 bridgehead atoms. The molecule has 0 saturated carbocycles. The molecular formula is C23H32N6O. The van der Waals surface area contributed by atoms with Crippen LogP contribution in [0.2, 0.25) is 0 Å². The Balaban J connectivity index is 1.54. The van der Waals surface area contributed by atoms with Gasteiger partial charge >= 0.3 is 0 Å². The van der Waals surface area contributed by atoms with Crippen molar-refractivity contribution in [3.05, 3.63) is 51.9 Å². The van der Waals surface area contributed by atoms with Crippen molar-refractivity contribution in [3.63, 3.8) is 0 Å². The van der Waals surface area contributed by atoms with E-state index in [1.165, 1.54) is 49.9 Å². The molecule has 2 N–H and O–H groups in total. The number of aromatic nitrogens is 4. The smallest absolute Gasteiger partial charge is 0.263 e. The highest BCUT2D eigenvalue weighted by molar-refractivity contribution is 5.74. The van der Waals surface area contributed by atoms with E-state index in [2.05, 4.69) is 70.3 Å². The molecule has 7 nitrogen and oxygen atoms in total. The highest BCUT2D eigenvalue weighted by atomic mass is 16.1. The minimum absolute atomic E-state index is 0.171.